The van der Waals surface area contributed by atoms with E-state index in [4.69, 9.17) is 0 Å². The van der Waals surface area contributed by atoms with E-state index in [2.05, 4.69) is 39.8 Å². The second kappa shape index (κ2) is 9.91. The van der Waals surface area contributed by atoms with Gasteiger partial charge in [-0.25, -0.2) is 4.79 Å². The highest BCUT2D eigenvalue weighted by Gasteiger charge is 2.31. The monoisotopic (exact) mass is 501 g/mol. The van der Waals surface area contributed by atoms with E-state index in [1.165, 1.54) is 48.9 Å². The van der Waals surface area contributed by atoms with Gasteiger partial charge in [0.15, 0.2) is 0 Å². The van der Waals surface area contributed by atoms with Crippen molar-refractivity contribution in [2.45, 2.75) is 56.5 Å². The lowest BCUT2D eigenvalue weighted by Gasteiger charge is -2.39. The third kappa shape index (κ3) is 4.53. The molecule has 8 nitrogen and oxygen atoms in total. The van der Waals surface area contributed by atoms with Gasteiger partial charge in [-0.15, -0.1) is 0 Å². The molecule has 0 spiro atoms. The van der Waals surface area contributed by atoms with Crippen LogP contribution in [0.1, 0.15) is 56.0 Å². The first-order valence-electron chi connectivity index (χ1n) is 13.6. The molecule has 1 saturated carbocycles. The van der Waals surface area contributed by atoms with E-state index in [-0.39, 0.29) is 18.0 Å². The van der Waals surface area contributed by atoms with Crippen LogP contribution in [-0.4, -0.2) is 58.1 Å². The molecular weight excluding hydrogens is 466 g/mol. The summed E-state index contributed by atoms with van der Waals surface area (Å²) in [4.78, 5) is 39.8. The standard InChI is InChI=1S/C29H35N5O3/c1-32-26-18-22(8-11-24(26)34(29(32)37)25-12-13-27(35)31-28(25)36)21-4-2-19(3-5-21)20-6-9-23(10-7-20)33-16-14-30-15-17-33/h2-5,8,11,18,20,23,25,30H,6-7,9-10,12-17H2,1H3,(H,31,35,36). The number of imide groups is 1. The number of nitrogens with one attached hydrogen (secondary N) is 2. The van der Waals surface area contributed by atoms with E-state index >= 15 is 0 Å². The summed E-state index contributed by atoms with van der Waals surface area (Å²) in [7, 11) is 1.73. The van der Waals surface area contributed by atoms with E-state index < -0.39 is 11.9 Å². The highest BCUT2D eigenvalue weighted by atomic mass is 16.2. The first-order chi connectivity index (χ1) is 18.0. The molecule has 3 aromatic rings. The van der Waals surface area contributed by atoms with Gasteiger partial charge in [-0.05, 0) is 66.8 Å². The van der Waals surface area contributed by atoms with Crippen molar-refractivity contribution in [1.82, 2.24) is 24.7 Å². The van der Waals surface area contributed by atoms with Crippen LogP contribution < -0.4 is 16.3 Å². The minimum Gasteiger partial charge on any atom is -0.314 e. The van der Waals surface area contributed by atoms with Crippen LogP contribution in [0.3, 0.4) is 0 Å². The lowest BCUT2D eigenvalue weighted by molar-refractivity contribution is -0.135. The molecule has 3 aliphatic rings. The van der Waals surface area contributed by atoms with Gasteiger partial charge in [0.25, 0.3) is 0 Å². The second-order valence-electron chi connectivity index (χ2n) is 10.8. The summed E-state index contributed by atoms with van der Waals surface area (Å²) >= 11 is 0. The molecule has 3 fully saturated rings. The molecule has 2 N–H and O–H groups in total. The third-order valence-electron chi connectivity index (χ3n) is 8.69. The molecule has 2 amide bonds. The Bertz CT molecular complexity index is 1380. The number of hydrogen-bond acceptors (Lipinski definition) is 5. The SMILES string of the molecule is Cn1c(=O)n(C2CCC(=O)NC2=O)c2ccc(-c3ccc(C4CCC(N5CCNCC5)CC4)cc3)cc21. The maximum atomic E-state index is 13.1. The number of imidazole rings is 1. The molecule has 6 rings (SSSR count). The molecule has 2 aromatic carbocycles. The summed E-state index contributed by atoms with van der Waals surface area (Å²) in [6.45, 7) is 4.58. The molecule has 1 unspecified atom stereocenters. The van der Waals surface area contributed by atoms with Gasteiger partial charge in [0.1, 0.15) is 6.04 Å². The molecule has 8 heteroatoms. The van der Waals surface area contributed by atoms with Crippen LogP contribution in [0.25, 0.3) is 22.2 Å². The average molecular weight is 502 g/mol. The Hall–Kier alpha value is -3.23. The predicted octanol–water partition coefficient (Wildman–Crippen LogP) is 2.92. The quantitative estimate of drug-likeness (QED) is 0.537. The summed E-state index contributed by atoms with van der Waals surface area (Å²) in [6.07, 6.45) is 5.62. The van der Waals surface area contributed by atoms with E-state index in [9.17, 15) is 14.4 Å². The third-order valence-corrected chi connectivity index (χ3v) is 8.69. The van der Waals surface area contributed by atoms with Gasteiger partial charge in [-0.3, -0.25) is 28.9 Å². The highest BCUT2D eigenvalue weighted by molar-refractivity contribution is 6.00. The fourth-order valence-corrected chi connectivity index (χ4v) is 6.54. The molecule has 2 saturated heterocycles. The van der Waals surface area contributed by atoms with Crippen LogP contribution in [0.2, 0.25) is 0 Å². The van der Waals surface area contributed by atoms with Gasteiger partial charge in [-0.1, -0.05) is 30.3 Å². The molecule has 3 heterocycles. The van der Waals surface area contributed by atoms with Gasteiger partial charge in [0, 0.05) is 45.7 Å². The normalized spacial score (nSPS) is 25.4. The summed E-state index contributed by atoms with van der Waals surface area (Å²) in [5.74, 6) is -0.0700. The topological polar surface area (TPSA) is 88.4 Å². The van der Waals surface area contributed by atoms with E-state index in [0.717, 1.165) is 35.8 Å². The lowest BCUT2D eigenvalue weighted by atomic mass is 9.81. The number of aryl methyl sites for hydroxylation is 1. The van der Waals surface area contributed by atoms with Crippen LogP contribution in [0.4, 0.5) is 0 Å². The Morgan fingerprint density at radius 1 is 0.811 bits per heavy atom. The fourth-order valence-electron chi connectivity index (χ4n) is 6.54. The number of carbonyl (C=O) groups is 2. The maximum absolute atomic E-state index is 13.1. The molecule has 0 radical (unpaired) electrons. The van der Waals surface area contributed by atoms with Crippen LogP contribution in [-0.2, 0) is 16.6 Å². The molecule has 1 atom stereocenters. The number of fused-ring (bicyclic) bond motifs is 1. The van der Waals surface area contributed by atoms with E-state index in [0.29, 0.717) is 17.9 Å². The number of rotatable bonds is 4. The molecule has 37 heavy (non-hydrogen) atoms. The number of piperazine rings is 1. The Kier molecular flexibility index (Phi) is 6.46. The van der Waals surface area contributed by atoms with Crippen molar-refractivity contribution < 1.29 is 9.59 Å². The van der Waals surface area contributed by atoms with Gasteiger partial charge in [0.05, 0.1) is 11.0 Å². The van der Waals surface area contributed by atoms with Crippen molar-refractivity contribution in [1.29, 1.82) is 0 Å². The van der Waals surface area contributed by atoms with Gasteiger partial charge >= 0.3 is 5.69 Å². The van der Waals surface area contributed by atoms with Crippen LogP contribution >= 0.6 is 0 Å². The van der Waals surface area contributed by atoms with Crippen LogP contribution in [0.5, 0.6) is 0 Å². The zero-order chi connectivity index (χ0) is 25.5. The van der Waals surface area contributed by atoms with Crippen molar-refractivity contribution in [2.24, 2.45) is 7.05 Å². The highest BCUT2D eigenvalue weighted by Crippen LogP contribution is 2.36. The number of hydrogen-bond donors (Lipinski definition) is 2. The molecule has 1 aromatic heterocycles. The summed E-state index contributed by atoms with van der Waals surface area (Å²) in [6, 6.07) is 14.9. The Labute approximate surface area is 216 Å². The van der Waals surface area contributed by atoms with Crippen molar-refractivity contribution in [3.63, 3.8) is 0 Å². The fraction of sp³-hybridized carbons (Fsp3) is 0.483. The second-order valence-corrected chi connectivity index (χ2v) is 10.8. The summed E-state index contributed by atoms with van der Waals surface area (Å²) in [5.41, 5.74) is 4.82. The van der Waals surface area contributed by atoms with Crippen molar-refractivity contribution >= 4 is 22.8 Å². The number of amides is 2. The Morgan fingerprint density at radius 2 is 1.51 bits per heavy atom. The van der Waals surface area contributed by atoms with Crippen LogP contribution in [0.15, 0.2) is 47.3 Å². The number of aromatic nitrogens is 2. The van der Waals surface area contributed by atoms with Gasteiger partial charge in [-0.2, -0.15) is 0 Å². The maximum Gasteiger partial charge on any atom is 0.329 e. The van der Waals surface area contributed by atoms with Crippen molar-refractivity contribution in [3.05, 3.63) is 58.5 Å². The smallest absolute Gasteiger partial charge is 0.314 e. The zero-order valence-corrected chi connectivity index (χ0v) is 21.4. The largest absolute Gasteiger partial charge is 0.329 e. The molecule has 2 aliphatic heterocycles. The van der Waals surface area contributed by atoms with E-state index in [1.807, 2.05) is 18.2 Å². The Morgan fingerprint density at radius 3 is 2.22 bits per heavy atom. The van der Waals surface area contributed by atoms with Crippen molar-refractivity contribution in [3.8, 4) is 11.1 Å². The van der Waals surface area contributed by atoms with Crippen LogP contribution in [0, 0.1) is 0 Å². The number of benzene rings is 2. The summed E-state index contributed by atoms with van der Waals surface area (Å²) in [5, 5.41) is 5.82. The first kappa shape index (κ1) is 24.1. The van der Waals surface area contributed by atoms with Gasteiger partial charge in [0.2, 0.25) is 11.8 Å². The molecule has 1 aliphatic carbocycles. The molecule has 194 valence electrons. The number of carbonyl (C=O) groups excluding carboxylic acids is 2. The molecule has 0 bridgehead atoms. The Balaban J connectivity index is 1.19. The average Bonchev–Trinajstić information content (AvgIpc) is 3.18. The number of piperidine rings is 1. The lowest BCUT2D eigenvalue weighted by Crippen LogP contribution is -2.49. The number of nitrogens with zero attached hydrogens (tertiary/aromatic N) is 3. The van der Waals surface area contributed by atoms with E-state index in [1.54, 1.807) is 11.6 Å². The van der Waals surface area contributed by atoms with Gasteiger partial charge < -0.3 is 5.32 Å². The minimum atomic E-state index is -0.666. The molecular formula is C29H35N5O3. The minimum absolute atomic E-state index is 0.237. The predicted molar refractivity (Wildman–Crippen MR) is 143 cm³/mol. The first-order valence-corrected chi connectivity index (χ1v) is 13.6. The van der Waals surface area contributed by atoms with Crippen molar-refractivity contribution in [2.75, 3.05) is 26.2 Å². The summed E-state index contributed by atoms with van der Waals surface area (Å²) < 4.78 is 3.12. The zero-order valence-electron chi connectivity index (χ0n) is 21.4.